The fourth-order valence-electron chi connectivity index (χ4n) is 3.77. The number of benzene rings is 4. The number of thioether (sulfide) groups is 1. The Hall–Kier alpha value is -4.25. The average molecular weight is 645 g/mol. The van der Waals surface area contributed by atoms with Crippen molar-refractivity contribution in [3.63, 3.8) is 0 Å². The molecule has 220 valence electrons. The van der Waals surface area contributed by atoms with E-state index >= 15 is 0 Å². The second-order valence-electron chi connectivity index (χ2n) is 8.88. The highest BCUT2D eigenvalue weighted by molar-refractivity contribution is 8.00. The van der Waals surface area contributed by atoms with Crippen LogP contribution in [0, 0.1) is 0 Å². The van der Waals surface area contributed by atoms with Gasteiger partial charge in [-0.1, -0.05) is 71.7 Å². The van der Waals surface area contributed by atoms with Crippen molar-refractivity contribution in [1.82, 2.24) is 5.32 Å². The highest BCUT2D eigenvalue weighted by atomic mass is 35.5. The summed E-state index contributed by atoms with van der Waals surface area (Å²) in [7, 11) is 0. The molecule has 3 N–H and O–H groups in total. The molecule has 0 bridgehead atoms. The van der Waals surface area contributed by atoms with E-state index in [9.17, 15) is 27.6 Å². The molecule has 4 aromatic rings. The zero-order valence-corrected chi connectivity index (χ0v) is 24.4. The molecule has 0 fully saturated rings. The maximum Gasteiger partial charge on any atom is 0.418 e. The van der Waals surface area contributed by atoms with Gasteiger partial charge in [0.1, 0.15) is 5.70 Å². The zero-order chi connectivity index (χ0) is 31.0. The Bertz CT molecular complexity index is 1680. The Morgan fingerprint density at radius 2 is 1.51 bits per heavy atom. The monoisotopic (exact) mass is 643 g/mol. The third kappa shape index (κ3) is 8.87. The first-order valence-electron chi connectivity index (χ1n) is 12.5. The summed E-state index contributed by atoms with van der Waals surface area (Å²) in [5.41, 5.74) is -0.324. The van der Waals surface area contributed by atoms with Crippen LogP contribution in [0.5, 0.6) is 0 Å². The summed E-state index contributed by atoms with van der Waals surface area (Å²) in [6, 6.07) is 24.4. The van der Waals surface area contributed by atoms with Gasteiger partial charge in [0.05, 0.1) is 27.0 Å². The summed E-state index contributed by atoms with van der Waals surface area (Å²) >= 11 is 13.5. The van der Waals surface area contributed by atoms with Gasteiger partial charge >= 0.3 is 6.18 Å². The highest BCUT2D eigenvalue weighted by Crippen LogP contribution is 2.35. The summed E-state index contributed by atoms with van der Waals surface area (Å²) in [5, 5.41) is 8.07. The van der Waals surface area contributed by atoms with Crippen molar-refractivity contribution in [1.29, 1.82) is 0 Å². The first kappa shape index (κ1) is 31.7. The van der Waals surface area contributed by atoms with Gasteiger partial charge in [-0.3, -0.25) is 14.4 Å². The second-order valence-corrected chi connectivity index (χ2v) is 10.7. The molecule has 43 heavy (non-hydrogen) atoms. The number of para-hydroxylation sites is 1. The van der Waals surface area contributed by atoms with Gasteiger partial charge in [0.25, 0.3) is 11.8 Å². The number of hydrogen-bond acceptors (Lipinski definition) is 4. The van der Waals surface area contributed by atoms with Crippen LogP contribution >= 0.6 is 35.0 Å². The maximum absolute atomic E-state index is 13.3. The molecule has 0 heterocycles. The normalized spacial score (nSPS) is 11.5. The van der Waals surface area contributed by atoms with Gasteiger partial charge < -0.3 is 16.0 Å². The number of carbonyl (C=O) groups excluding carboxylic acids is 3. The van der Waals surface area contributed by atoms with Crippen molar-refractivity contribution in [2.75, 3.05) is 16.4 Å². The minimum absolute atomic E-state index is 0.112. The standard InChI is InChI=1S/C31H22Cl2F3N3O3S/c32-24-14-6-10-20(28(24)33)16-26(39-29(41)19-8-2-1-3-9-19)30(42)37-21-11-7-12-22(17-21)43-18-27(40)38-25-15-5-4-13-23(25)31(34,35)36/h1-17H,18H2,(H,37,42)(H,38,40)(H,39,41)/b26-16+. The predicted molar refractivity (Wildman–Crippen MR) is 164 cm³/mol. The Morgan fingerprint density at radius 1 is 0.814 bits per heavy atom. The summed E-state index contributed by atoms with van der Waals surface area (Å²) in [4.78, 5) is 39.2. The van der Waals surface area contributed by atoms with Crippen LogP contribution in [0.1, 0.15) is 21.5 Å². The molecule has 0 unspecified atom stereocenters. The van der Waals surface area contributed by atoms with E-state index in [-0.39, 0.29) is 27.2 Å². The van der Waals surface area contributed by atoms with E-state index in [1.54, 1.807) is 72.8 Å². The molecular formula is C31H22Cl2F3N3O3S. The number of anilines is 2. The Kier molecular flexibility index (Phi) is 10.5. The quantitative estimate of drug-likeness (QED) is 0.127. The van der Waals surface area contributed by atoms with E-state index in [4.69, 9.17) is 23.2 Å². The van der Waals surface area contributed by atoms with E-state index in [0.717, 1.165) is 17.8 Å². The number of amides is 3. The number of rotatable bonds is 9. The Morgan fingerprint density at radius 3 is 2.26 bits per heavy atom. The molecular weight excluding hydrogens is 622 g/mol. The summed E-state index contributed by atoms with van der Waals surface area (Å²) in [6.45, 7) is 0. The van der Waals surface area contributed by atoms with Gasteiger partial charge in [-0.15, -0.1) is 11.8 Å². The van der Waals surface area contributed by atoms with Crippen LogP contribution in [0.15, 0.2) is 108 Å². The van der Waals surface area contributed by atoms with Gasteiger partial charge in [0.2, 0.25) is 5.91 Å². The molecule has 4 aromatic carbocycles. The maximum atomic E-state index is 13.3. The molecule has 0 atom stereocenters. The zero-order valence-electron chi connectivity index (χ0n) is 22.0. The van der Waals surface area contributed by atoms with Gasteiger partial charge in [0.15, 0.2) is 0 Å². The lowest BCUT2D eigenvalue weighted by Crippen LogP contribution is -2.30. The van der Waals surface area contributed by atoms with E-state index in [1.807, 2.05) is 0 Å². The predicted octanol–water partition coefficient (Wildman–Crippen LogP) is 8.15. The van der Waals surface area contributed by atoms with Crippen LogP contribution in [0.25, 0.3) is 6.08 Å². The third-order valence-corrected chi connectivity index (χ3v) is 7.61. The first-order chi connectivity index (χ1) is 20.5. The lowest BCUT2D eigenvalue weighted by molar-refractivity contribution is -0.137. The Balaban J connectivity index is 1.48. The number of hydrogen-bond donors (Lipinski definition) is 3. The molecule has 6 nitrogen and oxygen atoms in total. The number of alkyl halides is 3. The van der Waals surface area contributed by atoms with Crippen LogP contribution < -0.4 is 16.0 Å². The van der Waals surface area contributed by atoms with Crippen molar-refractivity contribution < 1.29 is 27.6 Å². The molecule has 0 spiro atoms. The highest BCUT2D eigenvalue weighted by Gasteiger charge is 2.33. The lowest BCUT2D eigenvalue weighted by Gasteiger charge is -2.14. The molecule has 12 heteroatoms. The molecule has 4 rings (SSSR count). The largest absolute Gasteiger partial charge is 0.418 e. The topological polar surface area (TPSA) is 87.3 Å². The fourth-order valence-corrected chi connectivity index (χ4v) is 4.88. The minimum atomic E-state index is -4.62. The number of nitrogens with one attached hydrogen (secondary N) is 3. The molecule has 0 aliphatic rings. The van der Waals surface area contributed by atoms with Crippen molar-refractivity contribution in [2.45, 2.75) is 11.1 Å². The van der Waals surface area contributed by atoms with Crippen molar-refractivity contribution >= 4 is 70.1 Å². The van der Waals surface area contributed by atoms with E-state index in [2.05, 4.69) is 16.0 Å². The fraction of sp³-hybridized carbons (Fsp3) is 0.0645. The van der Waals surface area contributed by atoms with Gasteiger partial charge in [-0.25, -0.2) is 0 Å². The van der Waals surface area contributed by atoms with Crippen LogP contribution in [0.2, 0.25) is 10.0 Å². The van der Waals surface area contributed by atoms with Crippen LogP contribution in [-0.4, -0.2) is 23.5 Å². The molecule has 0 saturated heterocycles. The minimum Gasteiger partial charge on any atom is -0.325 e. The van der Waals surface area contributed by atoms with Gasteiger partial charge in [0, 0.05) is 16.1 Å². The van der Waals surface area contributed by atoms with E-state index < -0.39 is 29.5 Å². The smallest absolute Gasteiger partial charge is 0.325 e. The van der Waals surface area contributed by atoms with Crippen molar-refractivity contribution in [3.8, 4) is 0 Å². The average Bonchev–Trinajstić information content (AvgIpc) is 2.98. The van der Waals surface area contributed by atoms with Crippen LogP contribution in [0.3, 0.4) is 0 Å². The van der Waals surface area contributed by atoms with E-state index in [0.29, 0.717) is 21.7 Å². The van der Waals surface area contributed by atoms with Crippen LogP contribution in [0.4, 0.5) is 24.5 Å². The molecule has 3 amide bonds. The van der Waals surface area contributed by atoms with E-state index in [1.165, 1.54) is 24.3 Å². The molecule has 0 aromatic heterocycles. The number of carbonyl (C=O) groups is 3. The lowest BCUT2D eigenvalue weighted by atomic mass is 10.1. The van der Waals surface area contributed by atoms with Crippen molar-refractivity contribution in [3.05, 3.63) is 129 Å². The molecule has 0 radical (unpaired) electrons. The molecule has 0 aliphatic heterocycles. The Labute approximate surface area is 259 Å². The SMILES string of the molecule is O=C(CSc1cccc(NC(=O)/C(=C\c2cccc(Cl)c2Cl)NC(=O)c2ccccc2)c1)Nc1ccccc1C(F)(F)F. The van der Waals surface area contributed by atoms with Crippen molar-refractivity contribution in [2.24, 2.45) is 0 Å². The van der Waals surface area contributed by atoms with Gasteiger partial charge in [-0.2, -0.15) is 13.2 Å². The second kappa shape index (κ2) is 14.3. The molecule has 0 saturated carbocycles. The third-order valence-electron chi connectivity index (χ3n) is 5.78. The molecule has 0 aliphatic carbocycles. The first-order valence-corrected chi connectivity index (χ1v) is 14.3. The summed E-state index contributed by atoms with van der Waals surface area (Å²) in [6.07, 6.45) is -3.22. The van der Waals surface area contributed by atoms with Gasteiger partial charge in [-0.05, 0) is 60.2 Å². The summed E-state index contributed by atoms with van der Waals surface area (Å²) < 4.78 is 39.7. The summed E-state index contributed by atoms with van der Waals surface area (Å²) in [5.74, 6) is -2.01. The van der Waals surface area contributed by atoms with Crippen LogP contribution in [-0.2, 0) is 15.8 Å². The number of halogens is 5.